The summed E-state index contributed by atoms with van der Waals surface area (Å²) >= 11 is 0. The number of nitrogens with zero attached hydrogens (tertiary/aromatic N) is 2. The Hall–Kier alpha value is -3.53. The van der Waals surface area contributed by atoms with Gasteiger partial charge in [-0.15, -0.1) is 0 Å². The molecular weight excluding hydrogens is 384 g/mol. The Bertz CT molecular complexity index is 1310. The van der Waals surface area contributed by atoms with Gasteiger partial charge in [0.25, 0.3) is 0 Å². The number of hydrogen-bond acceptors (Lipinski definition) is 2. The number of carbonyl (C=O) groups excluding carboxylic acids is 2. The number of carbonyl (C=O) groups is 2. The molecule has 0 atom stereocenters. The van der Waals surface area contributed by atoms with E-state index < -0.39 is 0 Å². The number of benzene rings is 3. The number of imidazole rings is 1. The predicted molar refractivity (Wildman–Crippen MR) is 120 cm³/mol. The fourth-order valence-corrected chi connectivity index (χ4v) is 4.58. The zero-order chi connectivity index (χ0) is 21.4. The van der Waals surface area contributed by atoms with Crippen LogP contribution >= 0.6 is 0 Å². The van der Waals surface area contributed by atoms with Crippen molar-refractivity contribution < 1.29 is 14.2 Å². The summed E-state index contributed by atoms with van der Waals surface area (Å²) in [5, 5.41) is 2.45. The summed E-state index contributed by atoms with van der Waals surface area (Å²) in [6.07, 6.45) is 4.75. The lowest BCUT2D eigenvalue weighted by Crippen LogP contribution is -2.40. The Morgan fingerprint density at radius 2 is 1.55 bits per heavy atom. The molecule has 4 heteroatoms. The number of fused-ring (bicyclic) bond motifs is 3. The number of hydrogen-bond donors (Lipinski definition) is 0. The molecule has 4 aromatic rings. The van der Waals surface area contributed by atoms with E-state index in [0.29, 0.717) is 29.1 Å². The van der Waals surface area contributed by atoms with Crippen LogP contribution in [0.15, 0.2) is 73.1 Å². The molecule has 5 rings (SSSR count). The average Bonchev–Trinajstić information content (AvgIpc) is 3.18. The van der Waals surface area contributed by atoms with E-state index in [1.54, 1.807) is 12.1 Å². The van der Waals surface area contributed by atoms with Gasteiger partial charge in [0, 0.05) is 17.5 Å². The summed E-state index contributed by atoms with van der Waals surface area (Å²) < 4.78 is 3.97. The van der Waals surface area contributed by atoms with Gasteiger partial charge in [-0.05, 0) is 22.8 Å². The van der Waals surface area contributed by atoms with E-state index in [1.807, 2.05) is 33.7 Å². The number of aromatic nitrogens is 2. The van der Waals surface area contributed by atoms with Gasteiger partial charge < -0.3 is 0 Å². The minimum Gasteiger partial charge on any atom is -0.284 e. The highest BCUT2D eigenvalue weighted by molar-refractivity contribution is 6.26. The highest BCUT2D eigenvalue weighted by Crippen LogP contribution is 2.27. The van der Waals surface area contributed by atoms with Crippen molar-refractivity contribution in [3.8, 4) is 0 Å². The maximum atomic E-state index is 13.4. The Morgan fingerprint density at radius 1 is 0.839 bits per heavy atom. The molecular formula is C27H25N2O2+. The van der Waals surface area contributed by atoms with Crippen LogP contribution in [0.4, 0.5) is 0 Å². The molecule has 0 fully saturated rings. The number of ketones is 2. The lowest BCUT2D eigenvalue weighted by molar-refractivity contribution is -0.698. The summed E-state index contributed by atoms with van der Waals surface area (Å²) in [5.41, 5.74) is 3.33. The maximum absolute atomic E-state index is 13.4. The van der Waals surface area contributed by atoms with Crippen molar-refractivity contribution >= 4 is 22.3 Å². The smallest absolute Gasteiger partial charge is 0.244 e. The lowest BCUT2D eigenvalue weighted by atomic mass is 9.90. The third-order valence-corrected chi connectivity index (χ3v) is 6.18. The summed E-state index contributed by atoms with van der Waals surface area (Å²) in [5.74, 6) is -0.108. The van der Waals surface area contributed by atoms with Gasteiger partial charge >= 0.3 is 0 Å². The van der Waals surface area contributed by atoms with Crippen LogP contribution in [0.25, 0.3) is 10.8 Å². The third-order valence-electron chi connectivity index (χ3n) is 6.18. The minimum absolute atomic E-state index is 0.0507. The molecule has 0 saturated heterocycles. The summed E-state index contributed by atoms with van der Waals surface area (Å²) in [4.78, 5) is 26.7. The van der Waals surface area contributed by atoms with Crippen molar-refractivity contribution in [3.63, 3.8) is 0 Å². The van der Waals surface area contributed by atoms with Crippen LogP contribution in [-0.4, -0.2) is 16.1 Å². The van der Waals surface area contributed by atoms with Crippen molar-refractivity contribution in [2.24, 2.45) is 0 Å². The van der Waals surface area contributed by atoms with Gasteiger partial charge in [0.05, 0.1) is 13.1 Å². The Labute approximate surface area is 181 Å². The van der Waals surface area contributed by atoms with Crippen molar-refractivity contribution in [1.29, 1.82) is 0 Å². The van der Waals surface area contributed by atoms with Gasteiger partial charge in [0.2, 0.25) is 29.3 Å². The molecule has 0 saturated carbocycles. The topological polar surface area (TPSA) is 43.0 Å². The van der Waals surface area contributed by atoms with Gasteiger partial charge in [-0.2, -0.15) is 0 Å². The summed E-state index contributed by atoms with van der Waals surface area (Å²) in [6, 6.07) is 21.9. The van der Waals surface area contributed by atoms with Crippen molar-refractivity contribution in [2.75, 3.05) is 0 Å². The lowest BCUT2D eigenvalue weighted by Gasteiger charge is -2.13. The minimum atomic E-state index is -0.0571. The predicted octanol–water partition coefficient (Wildman–Crippen LogP) is 4.75. The molecule has 1 aliphatic carbocycles. The molecule has 0 radical (unpaired) electrons. The van der Waals surface area contributed by atoms with E-state index >= 15 is 0 Å². The van der Waals surface area contributed by atoms with Crippen LogP contribution < -0.4 is 4.57 Å². The Kier molecular flexibility index (Phi) is 4.99. The molecule has 0 bridgehead atoms. The average molecular weight is 410 g/mol. The van der Waals surface area contributed by atoms with Crippen molar-refractivity contribution in [2.45, 2.75) is 39.3 Å². The fourth-order valence-electron chi connectivity index (χ4n) is 4.58. The van der Waals surface area contributed by atoms with Crippen LogP contribution in [0.2, 0.25) is 0 Å². The first-order valence-corrected chi connectivity index (χ1v) is 11.0. The Morgan fingerprint density at radius 3 is 2.35 bits per heavy atom. The highest BCUT2D eigenvalue weighted by atomic mass is 16.1. The molecule has 3 aromatic carbocycles. The molecule has 1 aromatic heterocycles. The van der Waals surface area contributed by atoms with Crippen molar-refractivity contribution in [1.82, 2.24) is 4.57 Å². The van der Waals surface area contributed by atoms with E-state index in [4.69, 9.17) is 0 Å². The van der Waals surface area contributed by atoms with E-state index in [2.05, 4.69) is 43.3 Å². The quantitative estimate of drug-likeness (QED) is 0.380. The molecule has 4 nitrogen and oxygen atoms in total. The Balaban J connectivity index is 1.56. The molecule has 1 heterocycles. The molecule has 0 N–H and O–H groups in total. The highest BCUT2D eigenvalue weighted by Gasteiger charge is 2.40. The SMILES string of the molecule is CCCC[n+]1cn(CCc2cccc3ccccc23)c2c1C(=O)c1ccccc1C2=O. The number of aryl methyl sites for hydroxylation is 3. The molecule has 0 aliphatic heterocycles. The third kappa shape index (κ3) is 3.28. The molecule has 0 unspecified atom stereocenters. The van der Waals surface area contributed by atoms with Crippen LogP contribution in [0, 0.1) is 0 Å². The zero-order valence-corrected chi connectivity index (χ0v) is 17.7. The number of rotatable bonds is 6. The molecule has 0 amide bonds. The zero-order valence-electron chi connectivity index (χ0n) is 17.7. The van der Waals surface area contributed by atoms with E-state index in [1.165, 1.54) is 16.3 Å². The second kappa shape index (κ2) is 7.95. The van der Waals surface area contributed by atoms with Crippen LogP contribution in [0.1, 0.15) is 57.4 Å². The van der Waals surface area contributed by atoms with Gasteiger partial charge in [-0.1, -0.05) is 80.1 Å². The normalized spacial score (nSPS) is 12.8. The largest absolute Gasteiger partial charge is 0.284 e. The van der Waals surface area contributed by atoms with Gasteiger partial charge in [0.15, 0.2) is 0 Å². The van der Waals surface area contributed by atoms with E-state index in [0.717, 1.165) is 25.8 Å². The second-order valence-corrected chi connectivity index (χ2v) is 8.15. The monoisotopic (exact) mass is 409 g/mol. The first kappa shape index (κ1) is 19.4. The maximum Gasteiger partial charge on any atom is 0.244 e. The molecule has 1 aliphatic rings. The molecule has 0 spiro atoms. The molecule has 154 valence electrons. The van der Waals surface area contributed by atoms with Crippen molar-refractivity contribution in [3.05, 3.63) is 101 Å². The molecule has 31 heavy (non-hydrogen) atoms. The van der Waals surface area contributed by atoms with E-state index in [9.17, 15) is 9.59 Å². The van der Waals surface area contributed by atoms with Crippen LogP contribution in [-0.2, 0) is 19.5 Å². The summed E-state index contributed by atoms with van der Waals surface area (Å²) in [7, 11) is 0. The van der Waals surface area contributed by atoms with Gasteiger partial charge in [0.1, 0.15) is 0 Å². The standard InChI is InChI=1S/C27H25N2O2/c1-2-3-16-28-18-29(17-15-20-11-8-10-19-9-4-5-12-21(19)20)25-24(28)26(30)22-13-6-7-14-23(22)27(25)31/h4-14,18H,2-3,15-17H2,1H3/q+1. The van der Waals surface area contributed by atoms with E-state index in [-0.39, 0.29) is 11.6 Å². The fraction of sp³-hybridized carbons (Fsp3) is 0.222. The van der Waals surface area contributed by atoms with Gasteiger partial charge in [-0.25, -0.2) is 9.13 Å². The van der Waals surface area contributed by atoms with Gasteiger partial charge in [-0.3, -0.25) is 9.59 Å². The van der Waals surface area contributed by atoms with Crippen LogP contribution in [0.3, 0.4) is 0 Å². The first-order chi connectivity index (χ1) is 15.2. The number of unbranched alkanes of at least 4 members (excludes halogenated alkanes) is 1. The second-order valence-electron chi connectivity index (χ2n) is 8.15. The summed E-state index contributed by atoms with van der Waals surface area (Å²) in [6.45, 7) is 3.52. The first-order valence-electron chi connectivity index (χ1n) is 11.0. The van der Waals surface area contributed by atoms with Crippen LogP contribution in [0.5, 0.6) is 0 Å².